The number of hydrogen-bond donors (Lipinski definition) is 3. The highest BCUT2D eigenvalue weighted by Gasteiger charge is 2.36. The van der Waals surface area contributed by atoms with Crippen molar-refractivity contribution < 1.29 is 37.0 Å². The Hall–Kier alpha value is -3.51. The maximum atomic E-state index is 14.2. The first-order valence-electron chi connectivity index (χ1n) is 11.1. The lowest BCUT2D eigenvalue weighted by Crippen LogP contribution is -2.40. The van der Waals surface area contributed by atoms with Crippen molar-refractivity contribution in [1.82, 2.24) is 20.5 Å². The molecule has 0 aliphatic rings. The number of amides is 1. The Morgan fingerprint density at radius 1 is 1.19 bits per heavy atom. The smallest absolute Gasteiger partial charge is 0.451 e. The summed E-state index contributed by atoms with van der Waals surface area (Å²) in [6.45, 7) is 1.85. The van der Waals surface area contributed by atoms with E-state index in [1.54, 1.807) is 36.3 Å². The highest BCUT2D eigenvalue weighted by atomic mass is 35.5. The summed E-state index contributed by atoms with van der Waals surface area (Å²) >= 11 is 5.96. The minimum absolute atomic E-state index is 0.0811. The number of aromatic nitrogens is 3. The number of nitrogens with one attached hydrogen (secondary N) is 2. The lowest BCUT2D eigenvalue weighted by molar-refractivity contribution is -0.145. The predicted molar refractivity (Wildman–Crippen MR) is 125 cm³/mol. The van der Waals surface area contributed by atoms with E-state index in [9.17, 15) is 32.3 Å². The number of H-pyrrole nitrogens is 1. The van der Waals surface area contributed by atoms with Gasteiger partial charge in [-0.15, -0.1) is 5.10 Å². The molecular weight excluding hydrogens is 520 g/mol. The van der Waals surface area contributed by atoms with Crippen LogP contribution in [0.5, 0.6) is 0 Å². The third-order valence-electron chi connectivity index (χ3n) is 5.41. The van der Waals surface area contributed by atoms with E-state index in [1.807, 2.05) is 0 Å². The summed E-state index contributed by atoms with van der Waals surface area (Å²) in [5.41, 5.74) is 1.49. The lowest BCUT2D eigenvalue weighted by atomic mass is 9.94. The molecule has 0 saturated carbocycles. The van der Waals surface area contributed by atoms with Gasteiger partial charge >= 0.3 is 12.1 Å². The number of nitrogens with zero attached hydrogens (tertiary/aromatic N) is 2. The van der Waals surface area contributed by atoms with E-state index in [0.717, 1.165) is 0 Å². The number of carboxylic acids is 1. The fraction of sp³-hybridized carbons (Fsp3) is 0.333. The molecule has 2 aromatic carbocycles. The zero-order chi connectivity index (χ0) is 27.2. The highest BCUT2D eigenvalue weighted by molar-refractivity contribution is 6.30. The molecule has 2 unspecified atom stereocenters. The van der Waals surface area contributed by atoms with Gasteiger partial charge in [0, 0.05) is 23.2 Å². The van der Waals surface area contributed by atoms with Crippen molar-refractivity contribution >= 4 is 23.5 Å². The Balaban J connectivity index is 1.82. The second kappa shape index (κ2) is 12.2. The van der Waals surface area contributed by atoms with E-state index in [0.29, 0.717) is 16.1 Å². The highest BCUT2D eigenvalue weighted by Crippen LogP contribution is 2.27. The quantitative estimate of drug-likeness (QED) is 0.301. The first-order chi connectivity index (χ1) is 17.5. The van der Waals surface area contributed by atoms with Crippen LogP contribution in [-0.4, -0.2) is 51.4 Å². The van der Waals surface area contributed by atoms with Gasteiger partial charge in [-0.2, -0.15) is 18.2 Å². The van der Waals surface area contributed by atoms with Crippen molar-refractivity contribution in [3.63, 3.8) is 0 Å². The Morgan fingerprint density at radius 2 is 1.89 bits per heavy atom. The van der Waals surface area contributed by atoms with Gasteiger partial charge in [0.05, 0.1) is 12.5 Å². The molecule has 1 aromatic heterocycles. The van der Waals surface area contributed by atoms with Gasteiger partial charge in [-0.3, -0.25) is 14.7 Å². The van der Waals surface area contributed by atoms with Crippen LogP contribution < -0.4 is 5.32 Å². The summed E-state index contributed by atoms with van der Waals surface area (Å²) in [5.74, 6) is -5.79. The third-order valence-corrected chi connectivity index (χ3v) is 5.64. The molecule has 0 aliphatic carbocycles. The number of aliphatic carboxylic acids is 1. The van der Waals surface area contributed by atoms with Gasteiger partial charge in [0.15, 0.2) is 0 Å². The molecule has 3 aromatic rings. The van der Waals surface area contributed by atoms with Crippen LogP contribution in [0, 0.1) is 11.7 Å². The van der Waals surface area contributed by atoms with E-state index in [4.69, 9.17) is 16.3 Å². The molecule has 1 heterocycles. The second-order valence-corrected chi connectivity index (χ2v) is 8.57. The minimum atomic E-state index is -4.82. The molecule has 3 rings (SSSR count). The van der Waals surface area contributed by atoms with E-state index in [-0.39, 0.29) is 31.6 Å². The molecule has 2 atom stereocenters. The summed E-state index contributed by atoms with van der Waals surface area (Å²) in [7, 11) is 0. The molecule has 0 fully saturated rings. The van der Waals surface area contributed by atoms with Crippen LogP contribution in [0.1, 0.15) is 35.4 Å². The Bertz CT molecular complexity index is 1230. The largest absolute Gasteiger partial charge is 0.481 e. The number of carbonyl (C=O) groups is 2. The zero-order valence-electron chi connectivity index (χ0n) is 19.5. The molecule has 0 radical (unpaired) electrons. The fourth-order valence-corrected chi connectivity index (χ4v) is 3.77. The average molecular weight is 543 g/mol. The van der Waals surface area contributed by atoms with Crippen molar-refractivity contribution in [1.29, 1.82) is 0 Å². The molecule has 37 heavy (non-hydrogen) atoms. The van der Waals surface area contributed by atoms with Crippen molar-refractivity contribution in [2.75, 3.05) is 13.2 Å². The van der Waals surface area contributed by atoms with Crippen LogP contribution >= 0.6 is 11.6 Å². The topological polar surface area (TPSA) is 117 Å². The van der Waals surface area contributed by atoms with E-state index < -0.39 is 47.5 Å². The zero-order valence-corrected chi connectivity index (χ0v) is 20.2. The molecule has 198 valence electrons. The molecular formula is C24H23ClF4N4O4. The number of ether oxygens (including phenoxy) is 1. The number of rotatable bonds is 11. The van der Waals surface area contributed by atoms with Gasteiger partial charge in [0.25, 0.3) is 5.91 Å². The number of benzene rings is 2. The maximum Gasteiger partial charge on any atom is 0.451 e. The number of carbonyl (C=O) groups excluding carboxylic acids is 1. The Labute approximate surface area is 214 Å². The molecule has 13 heteroatoms. The summed E-state index contributed by atoms with van der Waals surface area (Å²) in [6.07, 6.45) is -4.78. The van der Waals surface area contributed by atoms with E-state index in [2.05, 4.69) is 15.4 Å². The van der Waals surface area contributed by atoms with Crippen molar-refractivity contribution in [3.05, 3.63) is 70.5 Å². The van der Waals surface area contributed by atoms with Crippen LogP contribution in [0.3, 0.4) is 0 Å². The lowest BCUT2D eigenvalue weighted by Gasteiger charge is -2.22. The molecule has 0 spiro atoms. The average Bonchev–Trinajstić information content (AvgIpc) is 3.35. The van der Waals surface area contributed by atoms with Gasteiger partial charge < -0.3 is 15.2 Å². The summed E-state index contributed by atoms with van der Waals surface area (Å²) in [4.78, 5) is 27.5. The summed E-state index contributed by atoms with van der Waals surface area (Å²) < 4.78 is 57.9. The van der Waals surface area contributed by atoms with Gasteiger partial charge in [0.2, 0.25) is 11.6 Å². The summed E-state index contributed by atoms with van der Waals surface area (Å²) in [6, 6.07) is 9.95. The number of hydrogen-bond acceptors (Lipinski definition) is 5. The van der Waals surface area contributed by atoms with Crippen molar-refractivity contribution in [3.8, 4) is 11.1 Å². The Morgan fingerprint density at radius 3 is 2.49 bits per heavy atom. The fourth-order valence-electron chi connectivity index (χ4n) is 3.60. The van der Waals surface area contributed by atoms with Crippen LogP contribution in [0.4, 0.5) is 17.6 Å². The second-order valence-electron chi connectivity index (χ2n) is 8.13. The normalized spacial score (nSPS) is 13.2. The van der Waals surface area contributed by atoms with Crippen LogP contribution in [0.2, 0.25) is 5.02 Å². The molecule has 1 amide bonds. The van der Waals surface area contributed by atoms with Crippen LogP contribution in [-0.2, 0) is 22.1 Å². The van der Waals surface area contributed by atoms with Gasteiger partial charge in [-0.05, 0) is 49.1 Å². The number of halogens is 5. The van der Waals surface area contributed by atoms with E-state index >= 15 is 0 Å². The summed E-state index contributed by atoms with van der Waals surface area (Å²) in [5, 5.41) is 17.4. The van der Waals surface area contributed by atoms with Crippen molar-refractivity contribution in [2.24, 2.45) is 5.92 Å². The van der Waals surface area contributed by atoms with Crippen LogP contribution in [0.15, 0.2) is 42.5 Å². The first kappa shape index (κ1) is 28.1. The van der Waals surface area contributed by atoms with Crippen molar-refractivity contribution in [2.45, 2.75) is 32.0 Å². The SMILES string of the molecule is CCOCC(CC(Cc1ccc(-c2cc(Cl)ccc2F)cc1)NC(=O)c1n[nH]c(C(F)(F)F)n1)C(=O)O. The van der Waals surface area contributed by atoms with Gasteiger partial charge in [-0.25, -0.2) is 4.39 Å². The van der Waals surface area contributed by atoms with E-state index in [1.165, 1.54) is 18.2 Å². The molecule has 8 nitrogen and oxygen atoms in total. The van der Waals surface area contributed by atoms with Gasteiger partial charge in [0.1, 0.15) is 5.82 Å². The standard InChI is InChI=1S/C24H23ClF4N4O4/c1-2-37-12-15(22(35)36)10-17(30-21(34)20-31-23(33-32-20)24(27,28)29)9-13-3-5-14(6-4-13)18-11-16(25)7-8-19(18)26/h3-8,11,15,17H,2,9-10,12H2,1H3,(H,30,34)(H,35,36)(H,31,32,33). The monoisotopic (exact) mass is 542 g/mol. The molecule has 0 aliphatic heterocycles. The number of carboxylic acid groups (broad SMARTS) is 1. The first-order valence-corrected chi connectivity index (χ1v) is 11.5. The third kappa shape index (κ3) is 7.73. The molecule has 3 N–H and O–H groups in total. The minimum Gasteiger partial charge on any atom is -0.481 e. The molecule has 0 bridgehead atoms. The van der Waals surface area contributed by atoms with Gasteiger partial charge in [-0.1, -0.05) is 35.9 Å². The predicted octanol–water partition coefficient (Wildman–Crippen LogP) is 4.75. The van der Waals surface area contributed by atoms with Crippen LogP contribution in [0.25, 0.3) is 11.1 Å². The maximum absolute atomic E-state index is 14.2. The Kier molecular flexibility index (Phi) is 9.22. The number of alkyl halides is 3. The molecule has 0 saturated heterocycles. The number of aromatic amines is 1.